The SMILES string of the molecule is CC(=O)NCCNC(=O)c1ccc(C(=O)O)c(NC(=O)/C=C(/C)c2ccc3ccccc3c2)c1. The van der Waals surface area contributed by atoms with Gasteiger partial charge in [-0.2, -0.15) is 0 Å². The van der Waals surface area contributed by atoms with Gasteiger partial charge in [-0.15, -0.1) is 0 Å². The lowest BCUT2D eigenvalue weighted by Crippen LogP contribution is -2.33. The Balaban J connectivity index is 1.77. The van der Waals surface area contributed by atoms with Gasteiger partial charge in [0.15, 0.2) is 0 Å². The van der Waals surface area contributed by atoms with E-state index in [1.54, 1.807) is 6.92 Å². The molecule has 0 saturated heterocycles. The van der Waals surface area contributed by atoms with Gasteiger partial charge in [-0.05, 0) is 53.1 Å². The molecule has 3 amide bonds. The van der Waals surface area contributed by atoms with Gasteiger partial charge in [0.05, 0.1) is 11.3 Å². The average Bonchev–Trinajstić information content (AvgIpc) is 2.80. The number of carboxylic acid groups (broad SMARTS) is 1. The molecule has 3 rings (SSSR count). The Bertz CT molecular complexity index is 1300. The standard InChI is InChI=1S/C26H25N3O5/c1-16(19-8-7-18-5-3-4-6-20(18)14-19)13-24(31)29-23-15-21(9-10-22(23)26(33)34)25(32)28-12-11-27-17(2)30/h3-10,13-15H,11-12H2,1-2H3,(H,27,30)(H,28,32)(H,29,31)(H,33,34)/b16-13-. The Morgan fingerprint density at radius 1 is 0.824 bits per heavy atom. The molecule has 0 saturated carbocycles. The van der Waals surface area contributed by atoms with E-state index in [4.69, 9.17) is 0 Å². The molecule has 174 valence electrons. The van der Waals surface area contributed by atoms with E-state index >= 15 is 0 Å². The van der Waals surface area contributed by atoms with E-state index in [-0.39, 0.29) is 35.8 Å². The van der Waals surface area contributed by atoms with Crippen LogP contribution in [0.5, 0.6) is 0 Å². The molecule has 0 fully saturated rings. The topological polar surface area (TPSA) is 125 Å². The first-order valence-electron chi connectivity index (χ1n) is 10.6. The van der Waals surface area contributed by atoms with E-state index < -0.39 is 17.8 Å². The van der Waals surface area contributed by atoms with Crippen LogP contribution in [0.25, 0.3) is 16.3 Å². The maximum atomic E-state index is 12.7. The predicted molar refractivity (Wildman–Crippen MR) is 131 cm³/mol. The highest BCUT2D eigenvalue weighted by Gasteiger charge is 2.15. The molecule has 3 aromatic rings. The van der Waals surface area contributed by atoms with Crippen molar-refractivity contribution < 1.29 is 24.3 Å². The third kappa shape index (κ3) is 6.29. The van der Waals surface area contributed by atoms with Gasteiger partial charge in [0.25, 0.3) is 5.91 Å². The largest absolute Gasteiger partial charge is 0.478 e. The van der Waals surface area contributed by atoms with Crippen molar-refractivity contribution in [2.75, 3.05) is 18.4 Å². The fourth-order valence-corrected chi connectivity index (χ4v) is 3.38. The summed E-state index contributed by atoms with van der Waals surface area (Å²) in [5.41, 5.74) is 1.61. The van der Waals surface area contributed by atoms with Gasteiger partial charge < -0.3 is 21.1 Å². The number of amides is 3. The average molecular weight is 460 g/mol. The van der Waals surface area contributed by atoms with E-state index in [1.165, 1.54) is 31.2 Å². The van der Waals surface area contributed by atoms with Crippen LogP contribution in [-0.2, 0) is 9.59 Å². The number of fused-ring (bicyclic) bond motifs is 1. The Labute approximate surface area is 196 Å². The first-order chi connectivity index (χ1) is 16.2. The van der Waals surface area contributed by atoms with Gasteiger partial charge in [-0.3, -0.25) is 14.4 Å². The molecule has 8 heteroatoms. The Morgan fingerprint density at radius 2 is 1.50 bits per heavy atom. The second kappa shape index (κ2) is 10.9. The maximum Gasteiger partial charge on any atom is 0.337 e. The number of nitrogens with one attached hydrogen (secondary N) is 3. The number of hydrogen-bond donors (Lipinski definition) is 4. The molecule has 0 aliphatic carbocycles. The number of carbonyl (C=O) groups is 4. The number of benzene rings is 3. The van der Waals surface area contributed by atoms with Crippen molar-refractivity contribution in [2.45, 2.75) is 13.8 Å². The molecule has 4 N–H and O–H groups in total. The molecule has 0 spiro atoms. The number of hydrogen-bond acceptors (Lipinski definition) is 4. The summed E-state index contributed by atoms with van der Waals surface area (Å²) in [5.74, 6) is -2.42. The molecule has 0 radical (unpaired) electrons. The molecule has 34 heavy (non-hydrogen) atoms. The lowest BCUT2D eigenvalue weighted by atomic mass is 10.0. The highest BCUT2D eigenvalue weighted by molar-refractivity contribution is 6.08. The van der Waals surface area contributed by atoms with Gasteiger partial charge in [-0.1, -0.05) is 36.4 Å². The molecular weight excluding hydrogens is 434 g/mol. The van der Waals surface area contributed by atoms with Crippen LogP contribution in [0.15, 0.2) is 66.7 Å². The van der Waals surface area contributed by atoms with E-state index in [0.717, 1.165) is 16.3 Å². The monoisotopic (exact) mass is 459 g/mol. The van der Waals surface area contributed by atoms with E-state index in [9.17, 15) is 24.3 Å². The smallest absolute Gasteiger partial charge is 0.337 e. The number of rotatable bonds is 8. The van der Waals surface area contributed by atoms with Crippen LogP contribution in [0.4, 0.5) is 5.69 Å². The maximum absolute atomic E-state index is 12.7. The second-order valence-corrected chi connectivity index (χ2v) is 7.68. The number of anilines is 1. The van der Waals surface area contributed by atoms with Crippen molar-refractivity contribution in [3.05, 3.63) is 83.4 Å². The minimum atomic E-state index is -1.23. The molecule has 0 heterocycles. The highest BCUT2D eigenvalue weighted by Crippen LogP contribution is 2.22. The third-order valence-electron chi connectivity index (χ3n) is 5.11. The van der Waals surface area contributed by atoms with Crippen LogP contribution in [0.3, 0.4) is 0 Å². The van der Waals surface area contributed by atoms with E-state index in [1.807, 2.05) is 42.5 Å². The zero-order chi connectivity index (χ0) is 24.7. The summed E-state index contributed by atoms with van der Waals surface area (Å²) in [5, 5.41) is 19.4. The van der Waals surface area contributed by atoms with Crippen molar-refractivity contribution in [2.24, 2.45) is 0 Å². The third-order valence-corrected chi connectivity index (χ3v) is 5.11. The van der Waals surface area contributed by atoms with Crippen molar-refractivity contribution in [1.82, 2.24) is 10.6 Å². The summed E-state index contributed by atoms with van der Waals surface area (Å²) >= 11 is 0. The van der Waals surface area contributed by atoms with Gasteiger partial charge in [0.2, 0.25) is 11.8 Å². The highest BCUT2D eigenvalue weighted by atomic mass is 16.4. The zero-order valence-electron chi connectivity index (χ0n) is 18.8. The first kappa shape index (κ1) is 24.2. The minimum absolute atomic E-state index is 0.00886. The summed E-state index contributed by atoms with van der Waals surface area (Å²) in [6, 6.07) is 17.7. The van der Waals surface area contributed by atoms with Crippen LogP contribution >= 0.6 is 0 Å². The molecule has 8 nitrogen and oxygen atoms in total. The fourth-order valence-electron chi connectivity index (χ4n) is 3.38. The first-order valence-corrected chi connectivity index (χ1v) is 10.6. The molecule has 3 aromatic carbocycles. The van der Waals surface area contributed by atoms with Crippen molar-refractivity contribution >= 4 is 45.7 Å². The lowest BCUT2D eigenvalue weighted by molar-refractivity contribution is -0.119. The Hall–Kier alpha value is -4.46. The lowest BCUT2D eigenvalue weighted by Gasteiger charge is -2.11. The number of carboxylic acids is 1. The van der Waals surface area contributed by atoms with Crippen LogP contribution in [0, 0.1) is 0 Å². The molecule has 0 aromatic heterocycles. The van der Waals surface area contributed by atoms with Crippen LogP contribution in [0.2, 0.25) is 0 Å². The van der Waals surface area contributed by atoms with Gasteiger partial charge in [0, 0.05) is 31.7 Å². The van der Waals surface area contributed by atoms with Crippen LogP contribution in [-0.4, -0.2) is 41.9 Å². The molecular formula is C26H25N3O5. The summed E-state index contributed by atoms with van der Waals surface area (Å²) in [6.07, 6.45) is 1.38. The van der Waals surface area contributed by atoms with E-state index in [2.05, 4.69) is 16.0 Å². The molecule has 0 unspecified atom stereocenters. The van der Waals surface area contributed by atoms with Crippen molar-refractivity contribution in [3.8, 4) is 0 Å². The van der Waals surface area contributed by atoms with Crippen LogP contribution < -0.4 is 16.0 Å². The van der Waals surface area contributed by atoms with Crippen molar-refractivity contribution in [3.63, 3.8) is 0 Å². The Morgan fingerprint density at radius 3 is 2.21 bits per heavy atom. The minimum Gasteiger partial charge on any atom is -0.478 e. The zero-order valence-corrected chi connectivity index (χ0v) is 18.8. The number of aromatic carboxylic acids is 1. The summed E-state index contributed by atoms with van der Waals surface area (Å²) < 4.78 is 0. The summed E-state index contributed by atoms with van der Waals surface area (Å²) in [7, 11) is 0. The van der Waals surface area contributed by atoms with Crippen molar-refractivity contribution in [1.29, 1.82) is 0 Å². The quantitative estimate of drug-likeness (QED) is 0.303. The second-order valence-electron chi connectivity index (χ2n) is 7.68. The predicted octanol–water partition coefficient (Wildman–Crippen LogP) is 3.45. The van der Waals surface area contributed by atoms with Gasteiger partial charge in [-0.25, -0.2) is 4.79 Å². The molecule has 0 bridgehead atoms. The van der Waals surface area contributed by atoms with Gasteiger partial charge >= 0.3 is 5.97 Å². The van der Waals surface area contributed by atoms with E-state index in [0.29, 0.717) is 5.57 Å². The number of carbonyl (C=O) groups excluding carboxylic acids is 3. The van der Waals surface area contributed by atoms with Crippen LogP contribution in [0.1, 0.15) is 40.1 Å². The normalized spacial score (nSPS) is 11.1. The summed E-state index contributed by atoms with van der Waals surface area (Å²) in [4.78, 5) is 47.6. The summed E-state index contributed by atoms with van der Waals surface area (Å²) in [6.45, 7) is 3.63. The molecule has 0 atom stereocenters. The Kier molecular flexibility index (Phi) is 7.76. The fraction of sp³-hybridized carbons (Fsp3) is 0.154. The number of allylic oxidation sites excluding steroid dienone is 1. The molecule has 0 aliphatic rings. The van der Waals surface area contributed by atoms with Gasteiger partial charge in [0.1, 0.15) is 0 Å². The molecule has 0 aliphatic heterocycles.